The number of halogens is 2. The molecule has 1 aromatic heterocycles. The van der Waals surface area contributed by atoms with Crippen LogP contribution in [-0.4, -0.2) is 14.8 Å². The lowest BCUT2D eigenvalue weighted by Gasteiger charge is -2.06. The molecule has 18 heavy (non-hydrogen) atoms. The Kier molecular flexibility index (Phi) is 4.54. The van der Waals surface area contributed by atoms with Crippen LogP contribution in [-0.2, 0) is 19.2 Å². The third-order valence-electron chi connectivity index (χ3n) is 2.65. The quantitative estimate of drug-likeness (QED) is 0.800. The zero-order valence-electron chi connectivity index (χ0n) is 10.2. The predicted octanol–water partition coefficient (Wildman–Crippen LogP) is 3.98. The number of nitrogens with zero attached hydrogens (tertiary/aromatic N) is 3. The molecule has 0 saturated heterocycles. The number of benzene rings is 1. The highest BCUT2D eigenvalue weighted by Gasteiger charge is 2.10. The highest BCUT2D eigenvalue weighted by atomic mass is 35.5. The van der Waals surface area contributed by atoms with Crippen LogP contribution < -0.4 is 0 Å². The standard InChI is InChI=1S/C12H13Cl2N3S/c1-3-11-15-16-12(17(11)2)18-7-8-9(13)5-4-6-10(8)14/h4-6H,3,7H2,1-2H3. The molecule has 6 heteroatoms. The molecule has 0 aliphatic rings. The Hall–Kier alpha value is -0.710. The van der Waals surface area contributed by atoms with Crippen molar-refractivity contribution in [3.8, 4) is 0 Å². The number of aromatic nitrogens is 3. The molecular weight excluding hydrogens is 289 g/mol. The van der Waals surface area contributed by atoms with Gasteiger partial charge in [0, 0.05) is 29.3 Å². The summed E-state index contributed by atoms with van der Waals surface area (Å²) in [5.41, 5.74) is 0.937. The Labute approximate surface area is 121 Å². The minimum atomic E-state index is 0.688. The summed E-state index contributed by atoms with van der Waals surface area (Å²) in [6.07, 6.45) is 0.872. The first-order valence-corrected chi connectivity index (χ1v) is 7.31. The molecule has 0 aliphatic heterocycles. The summed E-state index contributed by atoms with van der Waals surface area (Å²) in [5.74, 6) is 1.66. The Bertz CT molecular complexity index is 534. The maximum absolute atomic E-state index is 6.13. The molecule has 0 saturated carbocycles. The topological polar surface area (TPSA) is 30.7 Å². The Morgan fingerprint density at radius 1 is 1.22 bits per heavy atom. The fraction of sp³-hybridized carbons (Fsp3) is 0.333. The molecule has 3 nitrogen and oxygen atoms in total. The first-order chi connectivity index (χ1) is 8.63. The van der Waals surface area contributed by atoms with Crippen LogP contribution in [0.1, 0.15) is 18.3 Å². The van der Waals surface area contributed by atoms with Crippen molar-refractivity contribution in [3.63, 3.8) is 0 Å². The van der Waals surface area contributed by atoms with Crippen LogP contribution in [0.2, 0.25) is 10.0 Å². The third-order valence-corrected chi connectivity index (χ3v) is 4.40. The summed E-state index contributed by atoms with van der Waals surface area (Å²) in [6, 6.07) is 5.53. The molecular formula is C12H13Cl2N3S. The third kappa shape index (κ3) is 2.82. The van der Waals surface area contributed by atoms with Gasteiger partial charge in [0.2, 0.25) is 0 Å². The van der Waals surface area contributed by atoms with Gasteiger partial charge < -0.3 is 4.57 Å². The predicted molar refractivity (Wildman–Crippen MR) is 76.4 cm³/mol. The van der Waals surface area contributed by atoms with Crippen molar-refractivity contribution >= 4 is 35.0 Å². The van der Waals surface area contributed by atoms with Gasteiger partial charge in [-0.25, -0.2) is 0 Å². The van der Waals surface area contributed by atoms with Gasteiger partial charge in [-0.05, 0) is 17.7 Å². The molecule has 0 radical (unpaired) electrons. The van der Waals surface area contributed by atoms with Crippen molar-refractivity contribution in [3.05, 3.63) is 39.6 Å². The van der Waals surface area contributed by atoms with Gasteiger partial charge in [-0.2, -0.15) is 0 Å². The maximum Gasteiger partial charge on any atom is 0.191 e. The van der Waals surface area contributed by atoms with E-state index in [9.17, 15) is 0 Å². The molecule has 0 unspecified atom stereocenters. The number of rotatable bonds is 4. The van der Waals surface area contributed by atoms with E-state index >= 15 is 0 Å². The van der Waals surface area contributed by atoms with E-state index in [1.807, 2.05) is 29.8 Å². The van der Waals surface area contributed by atoms with Crippen molar-refractivity contribution in [2.75, 3.05) is 0 Å². The van der Waals surface area contributed by atoms with Crippen molar-refractivity contribution in [1.82, 2.24) is 14.8 Å². The van der Waals surface area contributed by atoms with Crippen molar-refractivity contribution in [1.29, 1.82) is 0 Å². The SMILES string of the molecule is CCc1nnc(SCc2c(Cl)cccc2Cl)n1C. The molecule has 2 rings (SSSR count). The molecule has 2 aromatic rings. The fourth-order valence-electron chi connectivity index (χ4n) is 1.59. The van der Waals surface area contributed by atoms with Crippen LogP contribution in [0.3, 0.4) is 0 Å². The van der Waals surface area contributed by atoms with E-state index in [0.717, 1.165) is 23.0 Å². The van der Waals surface area contributed by atoms with E-state index in [1.54, 1.807) is 11.8 Å². The summed E-state index contributed by atoms with van der Waals surface area (Å²) in [6.45, 7) is 2.06. The summed E-state index contributed by atoms with van der Waals surface area (Å²) >= 11 is 13.8. The maximum atomic E-state index is 6.13. The largest absolute Gasteiger partial charge is 0.309 e. The lowest BCUT2D eigenvalue weighted by Crippen LogP contribution is -1.97. The van der Waals surface area contributed by atoms with Gasteiger partial charge >= 0.3 is 0 Å². The number of thioether (sulfide) groups is 1. The average molecular weight is 302 g/mol. The Morgan fingerprint density at radius 3 is 2.44 bits per heavy atom. The number of hydrogen-bond donors (Lipinski definition) is 0. The van der Waals surface area contributed by atoms with Gasteiger partial charge in [0.05, 0.1) is 0 Å². The lowest BCUT2D eigenvalue weighted by atomic mass is 10.2. The first-order valence-electron chi connectivity index (χ1n) is 5.57. The van der Waals surface area contributed by atoms with E-state index in [2.05, 4.69) is 17.1 Å². The van der Waals surface area contributed by atoms with Crippen LogP contribution >= 0.6 is 35.0 Å². The molecule has 0 N–H and O–H groups in total. The molecule has 0 bridgehead atoms. The smallest absolute Gasteiger partial charge is 0.191 e. The van der Waals surface area contributed by atoms with E-state index in [-0.39, 0.29) is 0 Å². The van der Waals surface area contributed by atoms with Crippen molar-refractivity contribution < 1.29 is 0 Å². The molecule has 1 aromatic carbocycles. The van der Waals surface area contributed by atoms with Gasteiger partial charge in [-0.1, -0.05) is 48.0 Å². The minimum absolute atomic E-state index is 0.688. The highest BCUT2D eigenvalue weighted by molar-refractivity contribution is 7.98. The monoisotopic (exact) mass is 301 g/mol. The minimum Gasteiger partial charge on any atom is -0.309 e. The van der Waals surface area contributed by atoms with Crippen LogP contribution in [0.5, 0.6) is 0 Å². The second-order valence-electron chi connectivity index (χ2n) is 3.80. The second kappa shape index (κ2) is 5.95. The van der Waals surface area contributed by atoms with Gasteiger partial charge in [-0.15, -0.1) is 10.2 Å². The average Bonchev–Trinajstić information content (AvgIpc) is 2.70. The van der Waals surface area contributed by atoms with Gasteiger partial charge in [0.15, 0.2) is 5.16 Å². The molecule has 0 amide bonds. The zero-order chi connectivity index (χ0) is 13.1. The van der Waals surface area contributed by atoms with Crippen LogP contribution in [0.4, 0.5) is 0 Å². The van der Waals surface area contributed by atoms with E-state index in [0.29, 0.717) is 15.8 Å². The van der Waals surface area contributed by atoms with Crippen LogP contribution in [0.25, 0.3) is 0 Å². The first kappa shape index (κ1) is 13.7. The summed E-state index contributed by atoms with van der Waals surface area (Å²) < 4.78 is 2.00. The molecule has 0 aliphatic carbocycles. The van der Waals surface area contributed by atoms with Gasteiger partial charge in [0.25, 0.3) is 0 Å². The lowest BCUT2D eigenvalue weighted by molar-refractivity contribution is 0.741. The summed E-state index contributed by atoms with van der Waals surface area (Å²) in [7, 11) is 1.97. The summed E-state index contributed by atoms with van der Waals surface area (Å²) in [5, 5.41) is 10.5. The molecule has 96 valence electrons. The van der Waals surface area contributed by atoms with Crippen molar-refractivity contribution in [2.45, 2.75) is 24.3 Å². The number of aryl methyl sites for hydroxylation is 1. The van der Waals surface area contributed by atoms with Crippen LogP contribution in [0.15, 0.2) is 23.4 Å². The van der Waals surface area contributed by atoms with E-state index < -0.39 is 0 Å². The molecule has 0 fully saturated rings. The Balaban J connectivity index is 2.14. The van der Waals surface area contributed by atoms with Crippen LogP contribution in [0, 0.1) is 0 Å². The van der Waals surface area contributed by atoms with E-state index in [1.165, 1.54) is 0 Å². The molecule has 0 atom stereocenters. The molecule has 1 heterocycles. The zero-order valence-corrected chi connectivity index (χ0v) is 12.5. The van der Waals surface area contributed by atoms with Gasteiger partial charge in [-0.3, -0.25) is 0 Å². The molecule has 0 spiro atoms. The fourth-order valence-corrected chi connectivity index (χ4v) is 3.26. The normalized spacial score (nSPS) is 10.9. The second-order valence-corrected chi connectivity index (χ2v) is 5.56. The van der Waals surface area contributed by atoms with Gasteiger partial charge in [0.1, 0.15) is 5.82 Å². The highest BCUT2D eigenvalue weighted by Crippen LogP contribution is 2.30. The van der Waals surface area contributed by atoms with Crippen molar-refractivity contribution in [2.24, 2.45) is 7.05 Å². The summed E-state index contributed by atoms with van der Waals surface area (Å²) in [4.78, 5) is 0. The number of hydrogen-bond acceptors (Lipinski definition) is 3. The Morgan fingerprint density at radius 2 is 1.89 bits per heavy atom. The van der Waals surface area contributed by atoms with E-state index in [4.69, 9.17) is 23.2 Å².